The Bertz CT molecular complexity index is 1100. The van der Waals surface area contributed by atoms with Crippen LogP contribution in [0.25, 0.3) is 6.08 Å². The Balaban J connectivity index is 1.60. The number of benzene rings is 2. The largest absolute Gasteiger partial charge is 0.416 e. The minimum atomic E-state index is -4.50. The molecule has 2 aromatic carbocycles. The van der Waals surface area contributed by atoms with Crippen LogP contribution in [0.4, 0.5) is 18.9 Å². The molecule has 0 aromatic heterocycles. The molecular formula is C23H19F3N2O2S2. The van der Waals surface area contributed by atoms with Gasteiger partial charge in [0.15, 0.2) is 0 Å². The summed E-state index contributed by atoms with van der Waals surface area (Å²) in [5.74, 6) is -0.810. The number of thiocarbonyl (C=S) groups is 1. The van der Waals surface area contributed by atoms with E-state index in [9.17, 15) is 22.8 Å². The number of hydrogen-bond donors (Lipinski definition) is 1. The van der Waals surface area contributed by atoms with Crippen molar-refractivity contribution < 1.29 is 22.8 Å². The Kier molecular flexibility index (Phi) is 7.52. The van der Waals surface area contributed by atoms with Crippen LogP contribution in [0, 0.1) is 0 Å². The third-order valence-corrected chi connectivity index (χ3v) is 5.84. The standard InChI is InChI=1S/C23H19F3N2O2S2/c1-15(12-16-6-3-2-4-7-16)13-19-21(30)28(22(31)32-19)11-10-20(29)27-18-9-5-8-17(14-18)23(24,25)26/h2-9,12-14H,10-11H2,1H3,(H,27,29)/b15-12-,19-13+. The first kappa shape index (κ1) is 23.7. The highest BCUT2D eigenvalue weighted by Crippen LogP contribution is 2.33. The summed E-state index contributed by atoms with van der Waals surface area (Å²) in [4.78, 5) is 26.7. The Morgan fingerprint density at radius 3 is 2.56 bits per heavy atom. The SMILES string of the molecule is CC(=C/c1ccccc1)/C=C1/SC(=S)N(CCC(=O)Nc2cccc(C(F)(F)F)c2)C1=O. The molecule has 1 heterocycles. The van der Waals surface area contributed by atoms with Gasteiger partial charge in [0.1, 0.15) is 4.32 Å². The number of nitrogens with zero attached hydrogens (tertiary/aromatic N) is 1. The van der Waals surface area contributed by atoms with Crippen LogP contribution in [0.1, 0.15) is 24.5 Å². The van der Waals surface area contributed by atoms with E-state index in [1.54, 1.807) is 6.08 Å². The first-order chi connectivity index (χ1) is 15.1. The van der Waals surface area contributed by atoms with Gasteiger partial charge in [-0.2, -0.15) is 13.2 Å². The molecule has 9 heteroatoms. The molecule has 0 saturated carbocycles. The van der Waals surface area contributed by atoms with Gasteiger partial charge in [0.2, 0.25) is 5.91 Å². The molecular weight excluding hydrogens is 457 g/mol. The summed E-state index contributed by atoms with van der Waals surface area (Å²) in [5, 5.41) is 2.43. The summed E-state index contributed by atoms with van der Waals surface area (Å²) in [7, 11) is 0. The van der Waals surface area contributed by atoms with Crippen LogP contribution in [0.15, 0.2) is 71.2 Å². The van der Waals surface area contributed by atoms with Gasteiger partial charge in [-0.1, -0.05) is 66.5 Å². The zero-order chi connectivity index (χ0) is 23.3. The van der Waals surface area contributed by atoms with Crippen molar-refractivity contribution in [3.05, 3.63) is 82.3 Å². The van der Waals surface area contributed by atoms with E-state index in [0.717, 1.165) is 35.0 Å². The molecule has 1 aliphatic heterocycles. The molecule has 0 radical (unpaired) electrons. The average Bonchev–Trinajstić information content (AvgIpc) is 2.99. The third-order valence-electron chi connectivity index (χ3n) is 4.46. The second-order valence-corrected chi connectivity index (χ2v) is 8.68. The molecule has 1 fully saturated rings. The molecule has 1 saturated heterocycles. The van der Waals surface area contributed by atoms with Crippen LogP contribution in [0.2, 0.25) is 0 Å². The van der Waals surface area contributed by atoms with Gasteiger partial charge in [0.25, 0.3) is 5.91 Å². The predicted molar refractivity (Wildman–Crippen MR) is 125 cm³/mol. The molecule has 0 atom stereocenters. The van der Waals surface area contributed by atoms with Gasteiger partial charge in [-0.15, -0.1) is 0 Å². The lowest BCUT2D eigenvalue weighted by molar-refractivity contribution is -0.137. The number of carbonyl (C=O) groups excluding carboxylic acids is 2. The van der Waals surface area contributed by atoms with E-state index in [-0.39, 0.29) is 24.6 Å². The van der Waals surface area contributed by atoms with Crippen molar-refractivity contribution in [3.63, 3.8) is 0 Å². The second kappa shape index (κ2) is 10.1. The first-order valence-electron chi connectivity index (χ1n) is 9.59. The Morgan fingerprint density at radius 2 is 1.88 bits per heavy atom. The predicted octanol–water partition coefficient (Wildman–Crippen LogP) is 5.88. The molecule has 0 unspecified atom stereocenters. The average molecular weight is 477 g/mol. The van der Waals surface area contributed by atoms with Crippen LogP contribution in [0.3, 0.4) is 0 Å². The number of alkyl halides is 3. The fourth-order valence-electron chi connectivity index (χ4n) is 2.96. The molecule has 4 nitrogen and oxygen atoms in total. The van der Waals surface area contributed by atoms with Crippen molar-refractivity contribution in [2.75, 3.05) is 11.9 Å². The number of thioether (sulfide) groups is 1. The minimum absolute atomic E-state index is 0.0360. The molecule has 2 aromatic rings. The number of allylic oxidation sites excluding steroid dienone is 2. The van der Waals surface area contributed by atoms with Crippen molar-refractivity contribution in [3.8, 4) is 0 Å². The fourth-order valence-corrected chi connectivity index (χ4v) is 4.32. The van der Waals surface area contributed by atoms with Crippen molar-refractivity contribution in [1.82, 2.24) is 4.90 Å². The highest BCUT2D eigenvalue weighted by atomic mass is 32.2. The zero-order valence-electron chi connectivity index (χ0n) is 17.0. The van der Waals surface area contributed by atoms with Crippen molar-refractivity contribution >= 4 is 51.9 Å². The number of nitrogens with one attached hydrogen (secondary N) is 1. The molecule has 0 bridgehead atoms. The van der Waals surface area contributed by atoms with Crippen LogP contribution in [-0.2, 0) is 15.8 Å². The summed E-state index contributed by atoms with van der Waals surface area (Å²) in [5.41, 5.74) is 1.06. The number of rotatable bonds is 6. The molecule has 3 rings (SSSR count). The lowest BCUT2D eigenvalue weighted by atomic mass is 10.1. The molecule has 0 aliphatic carbocycles. The topological polar surface area (TPSA) is 49.4 Å². The van der Waals surface area contributed by atoms with Crippen molar-refractivity contribution in [2.24, 2.45) is 0 Å². The molecule has 0 spiro atoms. The van der Waals surface area contributed by atoms with Crippen LogP contribution in [-0.4, -0.2) is 27.6 Å². The quantitative estimate of drug-likeness (QED) is 0.418. The molecule has 2 amide bonds. The Hall–Kier alpha value is -2.91. The van der Waals surface area contributed by atoms with E-state index in [4.69, 9.17) is 12.2 Å². The number of halogens is 3. The molecule has 1 N–H and O–H groups in total. The van der Waals surface area contributed by atoms with E-state index in [1.165, 1.54) is 17.0 Å². The molecule has 1 aliphatic rings. The lowest BCUT2D eigenvalue weighted by Gasteiger charge is -2.14. The number of anilines is 1. The van der Waals surface area contributed by atoms with Crippen molar-refractivity contribution in [2.45, 2.75) is 19.5 Å². The van der Waals surface area contributed by atoms with Gasteiger partial charge >= 0.3 is 6.18 Å². The Labute approximate surface area is 193 Å². The normalized spacial score (nSPS) is 16.1. The summed E-state index contributed by atoms with van der Waals surface area (Å²) in [6, 6.07) is 14.0. The van der Waals surface area contributed by atoms with Crippen LogP contribution < -0.4 is 5.32 Å². The number of hydrogen-bond acceptors (Lipinski definition) is 4. The maximum absolute atomic E-state index is 12.8. The summed E-state index contributed by atoms with van der Waals surface area (Å²) in [6.07, 6.45) is -0.916. The second-order valence-electron chi connectivity index (χ2n) is 7.01. The van der Waals surface area contributed by atoms with Gasteiger partial charge in [-0.05, 0) is 42.3 Å². The van der Waals surface area contributed by atoms with Gasteiger partial charge in [-0.25, -0.2) is 0 Å². The van der Waals surface area contributed by atoms with E-state index < -0.39 is 17.6 Å². The summed E-state index contributed by atoms with van der Waals surface area (Å²) in [6.45, 7) is 1.91. The highest BCUT2D eigenvalue weighted by Gasteiger charge is 2.32. The fraction of sp³-hybridized carbons (Fsp3) is 0.174. The molecule has 32 heavy (non-hydrogen) atoms. The lowest BCUT2D eigenvalue weighted by Crippen LogP contribution is -2.31. The summed E-state index contributed by atoms with van der Waals surface area (Å²) >= 11 is 6.42. The van der Waals surface area contributed by atoms with Gasteiger partial charge < -0.3 is 5.32 Å². The maximum Gasteiger partial charge on any atom is 0.416 e. The minimum Gasteiger partial charge on any atom is -0.326 e. The van der Waals surface area contributed by atoms with Crippen molar-refractivity contribution in [1.29, 1.82) is 0 Å². The number of amides is 2. The van der Waals surface area contributed by atoms with Crippen LogP contribution in [0.5, 0.6) is 0 Å². The summed E-state index contributed by atoms with van der Waals surface area (Å²) < 4.78 is 38.8. The van der Waals surface area contributed by atoms with E-state index >= 15 is 0 Å². The maximum atomic E-state index is 12.8. The zero-order valence-corrected chi connectivity index (χ0v) is 18.6. The van der Waals surface area contributed by atoms with E-state index in [2.05, 4.69) is 5.32 Å². The first-order valence-corrected chi connectivity index (χ1v) is 10.8. The van der Waals surface area contributed by atoms with Crippen LogP contribution >= 0.6 is 24.0 Å². The smallest absolute Gasteiger partial charge is 0.326 e. The van der Waals surface area contributed by atoms with Gasteiger partial charge in [0, 0.05) is 18.7 Å². The highest BCUT2D eigenvalue weighted by molar-refractivity contribution is 8.26. The Morgan fingerprint density at radius 1 is 1.16 bits per heavy atom. The monoisotopic (exact) mass is 476 g/mol. The third kappa shape index (κ3) is 6.30. The van der Waals surface area contributed by atoms with Gasteiger partial charge in [0.05, 0.1) is 10.5 Å². The van der Waals surface area contributed by atoms with E-state index in [1.807, 2.05) is 43.3 Å². The van der Waals surface area contributed by atoms with Gasteiger partial charge in [-0.3, -0.25) is 14.5 Å². The number of carbonyl (C=O) groups is 2. The van der Waals surface area contributed by atoms with E-state index in [0.29, 0.717) is 9.23 Å². The molecule has 166 valence electrons.